The van der Waals surface area contributed by atoms with E-state index in [1.165, 1.54) is 0 Å². The van der Waals surface area contributed by atoms with Crippen molar-refractivity contribution >= 4 is 17.3 Å². The second-order valence-corrected chi connectivity index (χ2v) is 3.50. The van der Waals surface area contributed by atoms with Gasteiger partial charge >= 0.3 is 0 Å². The maximum Gasteiger partial charge on any atom is 0.235 e. The summed E-state index contributed by atoms with van der Waals surface area (Å²) in [6.45, 7) is 0. The number of rotatable bonds is 2. The average molecular weight is 224 g/mol. The first kappa shape index (κ1) is 9.65. The molecule has 82 valence electrons. The van der Waals surface area contributed by atoms with E-state index in [2.05, 4.69) is 15.0 Å². The zero-order chi connectivity index (χ0) is 11.7. The molecule has 0 bridgehead atoms. The van der Waals surface area contributed by atoms with Gasteiger partial charge in [0.15, 0.2) is 6.29 Å². The Balaban J connectivity index is 2.34. The molecule has 0 aliphatic heterocycles. The van der Waals surface area contributed by atoms with Gasteiger partial charge in [-0.3, -0.25) is 9.36 Å². The van der Waals surface area contributed by atoms with Crippen LogP contribution in [-0.4, -0.2) is 25.8 Å². The van der Waals surface area contributed by atoms with Crippen molar-refractivity contribution in [2.75, 3.05) is 0 Å². The normalized spacial score (nSPS) is 10.6. The molecule has 3 rings (SSSR count). The van der Waals surface area contributed by atoms with Gasteiger partial charge in [-0.25, -0.2) is 15.0 Å². The van der Waals surface area contributed by atoms with Crippen LogP contribution in [0.1, 0.15) is 10.4 Å². The van der Waals surface area contributed by atoms with Gasteiger partial charge in [0.25, 0.3) is 0 Å². The van der Waals surface area contributed by atoms with Crippen LogP contribution in [0.5, 0.6) is 0 Å². The number of carbonyl (C=O) groups excluding carboxylic acids is 1. The number of carbonyl (C=O) groups is 1. The first-order valence-corrected chi connectivity index (χ1v) is 5.09. The molecule has 0 amide bonds. The lowest BCUT2D eigenvalue weighted by Gasteiger charge is -2.00. The number of hydrogen-bond donors (Lipinski definition) is 0. The third-order valence-electron chi connectivity index (χ3n) is 2.49. The summed E-state index contributed by atoms with van der Waals surface area (Å²) in [4.78, 5) is 23.5. The molecule has 0 saturated heterocycles. The molecule has 0 fully saturated rings. The van der Waals surface area contributed by atoms with Crippen LogP contribution in [-0.2, 0) is 0 Å². The lowest BCUT2D eigenvalue weighted by molar-refractivity contribution is 0.112. The molecular formula is C12H8N4O. The topological polar surface area (TPSA) is 60.7 Å². The van der Waals surface area contributed by atoms with Gasteiger partial charge in [-0.15, -0.1) is 0 Å². The SMILES string of the molecule is O=Cc1cn(-c2ncccn2)c2ncccc12. The molecule has 3 heterocycles. The average Bonchev–Trinajstić information content (AvgIpc) is 2.78. The molecule has 3 aromatic heterocycles. The lowest BCUT2D eigenvalue weighted by atomic mass is 10.2. The Hall–Kier alpha value is -2.56. The summed E-state index contributed by atoms with van der Waals surface area (Å²) in [6, 6.07) is 5.39. The van der Waals surface area contributed by atoms with Gasteiger partial charge in [-0.1, -0.05) is 0 Å². The molecule has 0 radical (unpaired) electrons. The monoisotopic (exact) mass is 224 g/mol. The zero-order valence-corrected chi connectivity index (χ0v) is 8.82. The van der Waals surface area contributed by atoms with Gasteiger partial charge in [0.2, 0.25) is 5.95 Å². The van der Waals surface area contributed by atoms with Crippen LogP contribution in [0, 0.1) is 0 Å². The summed E-state index contributed by atoms with van der Waals surface area (Å²) >= 11 is 0. The molecule has 5 heteroatoms. The van der Waals surface area contributed by atoms with Crippen molar-refractivity contribution in [2.45, 2.75) is 0 Å². The quantitative estimate of drug-likeness (QED) is 0.621. The van der Waals surface area contributed by atoms with Crippen molar-refractivity contribution in [1.29, 1.82) is 0 Å². The fraction of sp³-hybridized carbons (Fsp3) is 0. The molecule has 0 saturated carbocycles. The van der Waals surface area contributed by atoms with Crippen molar-refractivity contribution in [3.8, 4) is 5.95 Å². The van der Waals surface area contributed by atoms with Crippen LogP contribution in [0.4, 0.5) is 0 Å². The van der Waals surface area contributed by atoms with Crippen LogP contribution in [0.2, 0.25) is 0 Å². The molecule has 5 nitrogen and oxygen atoms in total. The minimum Gasteiger partial charge on any atom is -0.298 e. The van der Waals surface area contributed by atoms with Crippen molar-refractivity contribution in [1.82, 2.24) is 19.5 Å². The van der Waals surface area contributed by atoms with Gasteiger partial charge < -0.3 is 0 Å². The van der Waals surface area contributed by atoms with E-state index in [0.29, 0.717) is 17.2 Å². The smallest absolute Gasteiger partial charge is 0.235 e. The summed E-state index contributed by atoms with van der Waals surface area (Å²) in [5, 5.41) is 0.801. The van der Waals surface area contributed by atoms with Gasteiger partial charge in [-0.2, -0.15) is 0 Å². The van der Waals surface area contributed by atoms with Crippen molar-refractivity contribution in [3.63, 3.8) is 0 Å². The van der Waals surface area contributed by atoms with Crippen LogP contribution in [0.3, 0.4) is 0 Å². The van der Waals surface area contributed by atoms with Crippen LogP contribution in [0.15, 0.2) is 43.0 Å². The molecule has 0 atom stereocenters. The molecule has 0 aromatic carbocycles. The largest absolute Gasteiger partial charge is 0.298 e. The highest BCUT2D eigenvalue weighted by Gasteiger charge is 2.10. The van der Waals surface area contributed by atoms with Crippen molar-refractivity contribution < 1.29 is 4.79 Å². The first-order chi connectivity index (χ1) is 8.40. The molecule has 17 heavy (non-hydrogen) atoms. The number of fused-ring (bicyclic) bond motifs is 1. The molecule has 3 aromatic rings. The van der Waals surface area contributed by atoms with E-state index in [1.54, 1.807) is 41.5 Å². The van der Waals surface area contributed by atoms with Gasteiger partial charge in [0, 0.05) is 35.7 Å². The van der Waals surface area contributed by atoms with E-state index in [4.69, 9.17) is 0 Å². The maximum atomic E-state index is 11.0. The van der Waals surface area contributed by atoms with Gasteiger partial charge in [0.1, 0.15) is 5.65 Å². The van der Waals surface area contributed by atoms with E-state index in [0.717, 1.165) is 11.7 Å². The standard InChI is InChI=1S/C12H8N4O/c17-8-9-7-16(12-14-5-2-6-15-12)11-10(9)3-1-4-13-11/h1-8H. The maximum absolute atomic E-state index is 11.0. The van der Waals surface area contributed by atoms with E-state index in [-0.39, 0.29) is 0 Å². The molecule has 0 spiro atoms. The number of nitrogens with zero attached hydrogens (tertiary/aromatic N) is 4. The number of aromatic nitrogens is 4. The van der Waals surface area contributed by atoms with Crippen molar-refractivity contribution in [2.24, 2.45) is 0 Å². The number of aldehydes is 1. The van der Waals surface area contributed by atoms with E-state index < -0.39 is 0 Å². The highest BCUT2D eigenvalue weighted by Crippen LogP contribution is 2.19. The Kier molecular flexibility index (Phi) is 2.15. The highest BCUT2D eigenvalue weighted by molar-refractivity contribution is 5.96. The Bertz CT molecular complexity index is 675. The summed E-state index contributed by atoms with van der Waals surface area (Å²) < 4.78 is 1.71. The Morgan fingerprint density at radius 1 is 1.06 bits per heavy atom. The Morgan fingerprint density at radius 3 is 2.59 bits per heavy atom. The van der Waals surface area contributed by atoms with E-state index in [9.17, 15) is 4.79 Å². The van der Waals surface area contributed by atoms with Gasteiger partial charge in [-0.05, 0) is 18.2 Å². The summed E-state index contributed by atoms with van der Waals surface area (Å²) in [5.41, 5.74) is 1.27. The Labute approximate surface area is 96.8 Å². The van der Waals surface area contributed by atoms with Crippen LogP contribution < -0.4 is 0 Å². The van der Waals surface area contributed by atoms with E-state index in [1.807, 2.05) is 6.07 Å². The highest BCUT2D eigenvalue weighted by atomic mass is 16.1. The lowest BCUT2D eigenvalue weighted by Crippen LogP contribution is -1.99. The second-order valence-electron chi connectivity index (χ2n) is 3.50. The van der Waals surface area contributed by atoms with Gasteiger partial charge in [0.05, 0.1) is 0 Å². The summed E-state index contributed by atoms with van der Waals surface area (Å²) in [7, 11) is 0. The molecule has 0 aliphatic carbocycles. The molecular weight excluding hydrogens is 216 g/mol. The molecule has 0 aliphatic rings. The predicted octanol–water partition coefficient (Wildman–Crippen LogP) is 1.63. The first-order valence-electron chi connectivity index (χ1n) is 5.09. The van der Waals surface area contributed by atoms with E-state index >= 15 is 0 Å². The van der Waals surface area contributed by atoms with Crippen molar-refractivity contribution in [3.05, 3.63) is 48.5 Å². The number of hydrogen-bond acceptors (Lipinski definition) is 4. The minimum atomic E-state index is 0.504. The third-order valence-corrected chi connectivity index (χ3v) is 2.49. The predicted molar refractivity (Wildman–Crippen MR) is 62.0 cm³/mol. The Morgan fingerprint density at radius 2 is 1.82 bits per heavy atom. The fourth-order valence-electron chi connectivity index (χ4n) is 1.75. The fourth-order valence-corrected chi connectivity index (χ4v) is 1.75. The summed E-state index contributed by atoms with van der Waals surface area (Å²) in [6.07, 6.45) is 7.48. The minimum absolute atomic E-state index is 0.504. The van der Waals surface area contributed by atoms with Crippen LogP contribution in [0.25, 0.3) is 17.0 Å². The third kappa shape index (κ3) is 1.48. The molecule has 0 N–H and O–H groups in total. The second kappa shape index (κ2) is 3.79. The number of pyridine rings is 1. The molecule has 0 unspecified atom stereocenters. The summed E-state index contributed by atoms with van der Waals surface area (Å²) in [5.74, 6) is 0.504. The zero-order valence-electron chi connectivity index (χ0n) is 8.82. The van der Waals surface area contributed by atoms with Crippen LogP contribution >= 0.6 is 0 Å².